The van der Waals surface area contributed by atoms with Crippen LogP contribution in [0.3, 0.4) is 0 Å². The van der Waals surface area contributed by atoms with Gasteiger partial charge in [0.05, 0.1) is 0 Å². The van der Waals surface area contributed by atoms with Gasteiger partial charge in [0.25, 0.3) is 0 Å². The number of hydrogen-bond acceptors (Lipinski definition) is 0. The van der Waals surface area contributed by atoms with E-state index in [4.69, 9.17) is 0 Å². The molecule has 0 saturated heterocycles. The lowest BCUT2D eigenvalue weighted by Gasteiger charge is -2.18. The van der Waals surface area contributed by atoms with Gasteiger partial charge in [-0.15, -0.1) is 0 Å². The molecule has 0 spiro atoms. The molecule has 0 N–H and O–H groups in total. The average molecular weight is 182 g/mol. The van der Waals surface area contributed by atoms with E-state index in [9.17, 15) is 13.2 Å². The van der Waals surface area contributed by atoms with Gasteiger partial charge < -0.3 is 0 Å². The monoisotopic (exact) mass is 182 g/mol. The first-order chi connectivity index (χ1) is 5.35. The highest BCUT2D eigenvalue weighted by Gasteiger charge is 2.31. The highest BCUT2D eigenvalue weighted by molar-refractivity contribution is 4.64. The molecule has 0 amide bonds. The fraction of sp³-hybridized carbons (Fsp3) is 1.00. The lowest BCUT2D eigenvalue weighted by atomic mass is 9.92. The zero-order valence-corrected chi connectivity index (χ0v) is 7.91. The predicted octanol–water partition coefficient (Wildman–Crippen LogP) is 4.01. The number of rotatable bonds is 4. The van der Waals surface area contributed by atoms with Crippen molar-refractivity contribution in [3.05, 3.63) is 0 Å². The van der Waals surface area contributed by atoms with Crippen LogP contribution in [0.25, 0.3) is 0 Å². The highest BCUT2D eigenvalue weighted by Crippen LogP contribution is 2.30. The zero-order chi connectivity index (χ0) is 9.78. The van der Waals surface area contributed by atoms with Gasteiger partial charge in [-0.2, -0.15) is 13.2 Å². The Morgan fingerprint density at radius 3 is 1.92 bits per heavy atom. The predicted molar refractivity (Wildman–Crippen MR) is 43.9 cm³/mol. The van der Waals surface area contributed by atoms with E-state index >= 15 is 0 Å². The van der Waals surface area contributed by atoms with Crippen molar-refractivity contribution in [3.8, 4) is 0 Å². The summed E-state index contributed by atoms with van der Waals surface area (Å²) in [5.41, 5.74) is 0. The summed E-state index contributed by atoms with van der Waals surface area (Å²) < 4.78 is 35.8. The Morgan fingerprint density at radius 2 is 1.67 bits per heavy atom. The molecule has 0 aromatic carbocycles. The van der Waals surface area contributed by atoms with Crippen molar-refractivity contribution >= 4 is 0 Å². The number of halogens is 3. The summed E-state index contributed by atoms with van der Waals surface area (Å²) in [6.45, 7) is 5.73. The molecule has 0 radical (unpaired) electrons. The van der Waals surface area contributed by atoms with Gasteiger partial charge in [-0.3, -0.25) is 0 Å². The third-order valence-electron chi connectivity index (χ3n) is 1.90. The SMILES string of the molecule is CCC(CC(C)C)CC(F)(F)F. The molecule has 0 saturated carbocycles. The van der Waals surface area contributed by atoms with Gasteiger partial charge in [-0.1, -0.05) is 27.2 Å². The van der Waals surface area contributed by atoms with Gasteiger partial charge in [0.1, 0.15) is 0 Å². The van der Waals surface area contributed by atoms with Crippen LogP contribution in [0.4, 0.5) is 13.2 Å². The molecule has 0 aromatic rings. The molecule has 12 heavy (non-hydrogen) atoms. The summed E-state index contributed by atoms with van der Waals surface area (Å²) >= 11 is 0. The smallest absolute Gasteiger partial charge is 0.171 e. The molecule has 0 rings (SSSR count). The van der Waals surface area contributed by atoms with E-state index in [0.29, 0.717) is 18.8 Å². The Morgan fingerprint density at radius 1 is 1.17 bits per heavy atom. The van der Waals surface area contributed by atoms with Gasteiger partial charge in [0, 0.05) is 6.42 Å². The van der Waals surface area contributed by atoms with Crippen molar-refractivity contribution in [1.82, 2.24) is 0 Å². The van der Waals surface area contributed by atoms with Crippen LogP contribution in [0.1, 0.15) is 40.0 Å². The van der Waals surface area contributed by atoms with E-state index in [-0.39, 0.29) is 5.92 Å². The largest absolute Gasteiger partial charge is 0.389 e. The van der Waals surface area contributed by atoms with Crippen molar-refractivity contribution in [2.45, 2.75) is 46.2 Å². The molecule has 0 aromatic heterocycles. The first kappa shape index (κ1) is 11.8. The maximum atomic E-state index is 11.9. The normalized spacial score (nSPS) is 15.2. The fourth-order valence-electron chi connectivity index (χ4n) is 1.39. The van der Waals surface area contributed by atoms with Crippen molar-refractivity contribution in [3.63, 3.8) is 0 Å². The Hall–Kier alpha value is -0.210. The van der Waals surface area contributed by atoms with Gasteiger partial charge in [-0.05, 0) is 18.3 Å². The highest BCUT2D eigenvalue weighted by atomic mass is 19.4. The molecule has 0 fully saturated rings. The second-order valence-corrected chi connectivity index (χ2v) is 3.72. The number of alkyl halides is 3. The van der Waals surface area contributed by atoms with Gasteiger partial charge in [0.15, 0.2) is 0 Å². The van der Waals surface area contributed by atoms with Crippen LogP contribution in [-0.4, -0.2) is 6.18 Å². The zero-order valence-electron chi connectivity index (χ0n) is 7.91. The quantitative estimate of drug-likeness (QED) is 0.616. The minimum absolute atomic E-state index is 0.190. The van der Waals surface area contributed by atoms with Gasteiger partial charge in [0.2, 0.25) is 0 Å². The molecule has 0 bridgehead atoms. The third-order valence-corrected chi connectivity index (χ3v) is 1.90. The first-order valence-electron chi connectivity index (χ1n) is 4.42. The summed E-state index contributed by atoms with van der Waals surface area (Å²) in [5.74, 6) is 0.169. The molecule has 0 aliphatic carbocycles. The van der Waals surface area contributed by atoms with Gasteiger partial charge in [-0.25, -0.2) is 0 Å². The Kier molecular flexibility index (Phi) is 4.64. The second kappa shape index (κ2) is 4.73. The average Bonchev–Trinajstić information content (AvgIpc) is 1.82. The Labute approximate surface area is 72.2 Å². The molecular weight excluding hydrogens is 165 g/mol. The van der Waals surface area contributed by atoms with E-state index < -0.39 is 12.6 Å². The van der Waals surface area contributed by atoms with E-state index in [1.807, 2.05) is 20.8 Å². The summed E-state index contributed by atoms with van der Waals surface area (Å²) in [5, 5.41) is 0. The summed E-state index contributed by atoms with van der Waals surface area (Å²) in [6.07, 6.45) is -3.31. The van der Waals surface area contributed by atoms with Crippen LogP contribution >= 0.6 is 0 Å². The van der Waals surface area contributed by atoms with E-state index in [0.717, 1.165) is 0 Å². The molecular formula is C9H17F3. The van der Waals surface area contributed by atoms with E-state index in [1.165, 1.54) is 0 Å². The lowest BCUT2D eigenvalue weighted by molar-refractivity contribution is -0.145. The maximum absolute atomic E-state index is 11.9. The molecule has 0 nitrogen and oxygen atoms in total. The fourth-order valence-corrected chi connectivity index (χ4v) is 1.39. The summed E-state index contributed by atoms with van der Waals surface area (Å²) in [7, 11) is 0. The van der Waals surface area contributed by atoms with Crippen molar-refractivity contribution in [2.75, 3.05) is 0 Å². The molecule has 0 aliphatic heterocycles. The lowest BCUT2D eigenvalue weighted by Crippen LogP contribution is -2.16. The van der Waals surface area contributed by atoms with Crippen LogP contribution < -0.4 is 0 Å². The van der Waals surface area contributed by atoms with Crippen LogP contribution in [0, 0.1) is 11.8 Å². The van der Waals surface area contributed by atoms with Gasteiger partial charge >= 0.3 is 6.18 Å². The van der Waals surface area contributed by atoms with Crippen LogP contribution in [0.5, 0.6) is 0 Å². The molecule has 74 valence electrons. The Balaban J connectivity index is 3.83. The topological polar surface area (TPSA) is 0 Å². The van der Waals surface area contributed by atoms with Crippen molar-refractivity contribution in [2.24, 2.45) is 11.8 Å². The summed E-state index contributed by atoms with van der Waals surface area (Å²) in [4.78, 5) is 0. The standard InChI is InChI=1S/C9H17F3/c1-4-8(5-7(2)3)6-9(10,11)12/h7-8H,4-6H2,1-3H3. The molecule has 1 unspecified atom stereocenters. The first-order valence-corrected chi connectivity index (χ1v) is 4.42. The van der Waals surface area contributed by atoms with E-state index in [1.54, 1.807) is 0 Å². The minimum Gasteiger partial charge on any atom is -0.171 e. The second-order valence-electron chi connectivity index (χ2n) is 3.72. The molecule has 1 atom stereocenters. The molecule has 0 heterocycles. The minimum atomic E-state index is -3.99. The van der Waals surface area contributed by atoms with E-state index in [2.05, 4.69) is 0 Å². The van der Waals surface area contributed by atoms with Crippen molar-refractivity contribution < 1.29 is 13.2 Å². The van der Waals surface area contributed by atoms with Crippen LogP contribution in [0.2, 0.25) is 0 Å². The summed E-state index contributed by atoms with van der Waals surface area (Å²) in [6, 6.07) is 0. The number of hydrogen-bond donors (Lipinski definition) is 0. The maximum Gasteiger partial charge on any atom is 0.389 e. The van der Waals surface area contributed by atoms with Crippen LogP contribution in [0.15, 0.2) is 0 Å². The van der Waals surface area contributed by atoms with Crippen molar-refractivity contribution in [1.29, 1.82) is 0 Å². The molecule has 0 aliphatic rings. The third kappa shape index (κ3) is 6.50. The Bertz CT molecular complexity index is 115. The molecule has 3 heteroatoms. The van der Waals surface area contributed by atoms with Crippen LogP contribution in [-0.2, 0) is 0 Å².